The quantitative estimate of drug-likeness (QED) is 0.338. The molecule has 8 nitrogen and oxygen atoms in total. The zero-order valence-electron chi connectivity index (χ0n) is 16.5. The Morgan fingerprint density at radius 2 is 2.03 bits per heavy atom. The third-order valence-electron chi connectivity index (χ3n) is 5.10. The fourth-order valence-corrected chi connectivity index (χ4v) is 3.72. The van der Waals surface area contributed by atoms with Crippen molar-refractivity contribution >= 4 is 17.4 Å². The van der Waals surface area contributed by atoms with E-state index in [0.717, 1.165) is 0 Å². The normalized spacial score (nSPS) is 19.9. The van der Waals surface area contributed by atoms with Crippen LogP contribution in [0.4, 0.5) is 0 Å². The minimum atomic E-state index is -0.733. The predicted octanol–water partition coefficient (Wildman–Crippen LogP) is 2.31. The third-order valence-corrected chi connectivity index (χ3v) is 5.10. The molecule has 0 bridgehead atoms. The van der Waals surface area contributed by atoms with Crippen LogP contribution >= 0.6 is 0 Å². The number of methoxy groups -OCH3 is 1. The Bertz CT molecular complexity index is 988. The number of likely N-dealkylation sites (tertiary alicyclic amines) is 1. The maximum atomic E-state index is 12.9. The molecule has 1 unspecified atom stereocenters. The molecule has 2 aliphatic heterocycles. The van der Waals surface area contributed by atoms with Gasteiger partial charge in [0.05, 0.1) is 11.6 Å². The minimum Gasteiger partial charge on any atom is -0.507 e. The maximum absolute atomic E-state index is 12.9. The highest BCUT2D eigenvalue weighted by molar-refractivity contribution is 6.46. The fourth-order valence-electron chi connectivity index (χ4n) is 3.72. The number of rotatable bonds is 6. The number of carbonyl (C=O) groups is 2. The average molecular weight is 410 g/mol. The standard InChI is InChI=1S/C22H22N2O6/c1-28-9-3-8-24-19(15-4-2-7-23-13-15)18(21(26)22(24)27)20(25)14-5-6-16-17(12-14)30-11-10-29-16/h2,4-7,12-13,19,25H,3,8-11H2,1H3/b20-18-. The van der Waals surface area contributed by atoms with E-state index in [1.54, 1.807) is 49.8 Å². The molecular formula is C22H22N2O6. The Morgan fingerprint density at radius 3 is 2.77 bits per heavy atom. The Balaban J connectivity index is 1.79. The second-order valence-electron chi connectivity index (χ2n) is 6.98. The van der Waals surface area contributed by atoms with Crippen molar-refractivity contribution in [2.24, 2.45) is 0 Å². The molecule has 1 aromatic heterocycles. The number of nitrogens with zero attached hydrogens (tertiary/aromatic N) is 2. The van der Waals surface area contributed by atoms with Gasteiger partial charge in [0.2, 0.25) is 0 Å². The first kappa shape index (κ1) is 19.9. The van der Waals surface area contributed by atoms with E-state index in [9.17, 15) is 14.7 Å². The van der Waals surface area contributed by atoms with Crippen LogP contribution in [0, 0.1) is 0 Å². The third kappa shape index (κ3) is 3.61. The summed E-state index contributed by atoms with van der Waals surface area (Å²) in [7, 11) is 1.58. The van der Waals surface area contributed by atoms with E-state index >= 15 is 0 Å². The minimum absolute atomic E-state index is 0.0297. The van der Waals surface area contributed by atoms with Gasteiger partial charge in [-0.2, -0.15) is 0 Å². The zero-order chi connectivity index (χ0) is 21.1. The highest BCUT2D eigenvalue weighted by Crippen LogP contribution is 2.40. The molecule has 0 aliphatic carbocycles. The van der Waals surface area contributed by atoms with Gasteiger partial charge in [0, 0.05) is 38.2 Å². The number of hydrogen-bond acceptors (Lipinski definition) is 7. The smallest absolute Gasteiger partial charge is 0.295 e. The number of ether oxygens (including phenoxy) is 3. The molecule has 0 spiro atoms. The van der Waals surface area contributed by atoms with Crippen molar-refractivity contribution in [1.82, 2.24) is 9.88 Å². The van der Waals surface area contributed by atoms with Crippen LogP contribution in [0.3, 0.4) is 0 Å². The van der Waals surface area contributed by atoms with Crippen LogP contribution in [0.1, 0.15) is 23.6 Å². The fraction of sp³-hybridized carbons (Fsp3) is 0.318. The number of amides is 1. The van der Waals surface area contributed by atoms with Crippen LogP contribution in [-0.4, -0.2) is 60.2 Å². The van der Waals surface area contributed by atoms with E-state index < -0.39 is 17.7 Å². The van der Waals surface area contributed by atoms with E-state index in [1.807, 2.05) is 0 Å². The van der Waals surface area contributed by atoms with Gasteiger partial charge in [0.1, 0.15) is 19.0 Å². The van der Waals surface area contributed by atoms with Gasteiger partial charge in [-0.05, 0) is 36.2 Å². The Kier molecular flexibility index (Phi) is 5.67. The van der Waals surface area contributed by atoms with Crippen molar-refractivity contribution in [3.63, 3.8) is 0 Å². The summed E-state index contributed by atoms with van der Waals surface area (Å²) in [6, 6.07) is 7.71. The maximum Gasteiger partial charge on any atom is 0.295 e. The number of benzene rings is 1. The van der Waals surface area contributed by atoms with Gasteiger partial charge in [0.15, 0.2) is 11.5 Å². The van der Waals surface area contributed by atoms with Crippen molar-refractivity contribution < 1.29 is 28.9 Å². The van der Waals surface area contributed by atoms with Gasteiger partial charge in [-0.3, -0.25) is 14.6 Å². The summed E-state index contributed by atoms with van der Waals surface area (Å²) in [6.07, 6.45) is 3.77. The molecule has 0 saturated carbocycles. The average Bonchev–Trinajstić information content (AvgIpc) is 3.04. The van der Waals surface area contributed by atoms with Crippen LogP contribution in [0.25, 0.3) is 5.76 Å². The second kappa shape index (κ2) is 8.54. The number of ketones is 1. The molecule has 1 saturated heterocycles. The van der Waals surface area contributed by atoms with E-state index in [-0.39, 0.29) is 11.3 Å². The van der Waals surface area contributed by atoms with Gasteiger partial charge in [0.25, 0.3) is 11.7 Å². The van der Waals surface area contributed by atoms with E-state index in [1.165, 1.54) is 4.90 Å². The Morgan fingerprint density at radius 1 is 1.23 bits per heavy atom. The lowest BCUT2D eigenvalue weighted by molar-refractivity contribution is -0.140. The SMILES string of the molecule is COCCCN1C(=O)C(=O)/C(=C(\O)c2ccc3c(c2)OCCO3)C1c1cccnc1. The molecule has 4 rings (SSSR count). The Hall–Kier alpha value is -3.39. The topological polar surface area (TPSA) is 98.2 Å². The molecular weight excluding hydrogens is 388 g/mol. The monoisotopic (exact) mass is 410 g/mol. The van der Waals surface area contributed by atoms with Gasteiger partial charge in [-0.25, -0.2) is 0 Å². The lowest BCUT2D eigenvalue weighted by Gasteiger charge is -2.25. The van der Waals surface area contributed by atoms with Gasteiger partial charge in [-0.15, -0.1) is 0 Å². The molecule has 1 atom stereocenters. The van der Waals surface area contributed by atoms with Crippen molar-refractivity contribution in [1.29, 1.82) is 0 Å². The zero-order valence-corrected chi connectivity index (χ0v) is 16.5. The van der Waals surface area contributed by atoms with Crippen LogP contribution < -0.4 is 9.47 Å². The first-order chi connectivity index (χ1) is 14.6. The number of aliphatic hydroxyl groups is 1. The van der Waals surface area contributed by atoms with E-state index in [0.29, 0.717) is 55.4 Å². The highest BCUT2D eigenvalue weighted by Gasteiger charge is 2.46. The van der Waals surface area contributed by atoms with Gasteiger partial charge < -0.3 is 24.2 Å². The lowest BCUT2D eigenvalue weighted by Crippen LogP contribution is -2.31. The molecule has 8 heteroatoms. The summed E-state index contributed by atoms with van der Waals surface area (Å²) in [6.45, 7) is 1.61. The van der Waals surface area contributed by atoms with Crippen LogP contribution in [0.5, 0.6) is 11.5 Å². The summed E-state index contributed by atoms with van der Waals surface area (Å²) >= 11 is 0. The van der Waals surface area contributed by atoms with E-state index in [4.69, 9.17) is 14.2 Å². The molecule has 1 amide bonds. The second-order valence-corrected chi connectivity index (χ2v) is 6.98. The molecule has 0 radical (unpaired) electrons. The van der Waals surface area contributed by atoms with Crippen molar-refractivity contribution in [2.45, 2.75) is 12.5 Å². The van der Waals surface area contributed by atoms with Crippen LogP contribution in [-0.2, 0) is 14.3 Å². The van der Waals surface area contributed by atoms with Crippen molar-refractivity contribution in [2.75, 3.05) is 33.5 Å². The molecule has 2 aliphatic rings. The summed E-state index contributed by atoms with van der Waals surface area (Å²) < 4.78 is 16.2. The molecule has 2 aromatic rings. The highest BCUT2D eigenvalue weighted by atomic mass is 16.6. The van der Waals surface area contributed by atoms with Crippen LogP contribution in [0.2, 0.25) is 0 Å². The Labute approximate surface area is 173 Å². The largest absolute Gasteiger partial charge is 0.507 e. The summed E-state index contributed by atoms with van der Waals surface area (Å²) in [5.74, 6) is -0.583. The molecule has 156 valence electrons. The van der Waals surface area contributed by atoms with Crippen molar-refractivity contribution in [3.8, 4) is 11.5 Å². The lowest BCUT2D eigenvalue weighted by atomic mass is 9.96. The number of pyridine rings is 1. The van der Waals surface area contributed by atoms with Crippen molar-refractivity contribution in [3.05, 3.63) is 59.4 Å². The molecule has 1 N–H and O–H groups in total. The number of fused-ring (bicyclic) bond motifs is 1. The molecule has 3 heterocycles. The first-order valence-corrected chi connectivity index (χ1v) is 9.69. The summed E-state index contributed by atoms with van der Waals surface area (Å²) in [4.78, 5) is 31.3. The van der Waals surface area contributed by atoms with Gasteiger partial charge >= 0.3 is 0 Å². The first-order valence-electron chi connectivity index (χ1n) is 9.69. The van der Waals surface area contributed by atoms with Gasteiger partial charge in [-0.1, -0.05) is 6.07 Å². The van der Waals surface area contributed by atoms with Crippen LogP contribution in [0.15, 0.2) is 48.3 Å². The number of aliphatic hydroxyl groups excluding tert-OH is 1. The summed E-state index contributed by atoms with van der Waals surface area (Å²) in [5, 5.41) is 11.1. The summed E-state index contributed by atoms with van der Waals surface area (Å²) in [5.41, 5.74) is 1.05. The number of carbonyl (C=O) groups excluding carboxylic acids is 2. The number of aromatic nitrogens is 1. The predicted molar refractivity (Wildman–Crippen MR) is 107 cm³/mol. The molecule has 1 aromatic carbocycles. The number of Topliss-reactive ketones (excluding diaryl/α,β-unsaturated/α-hetero) is 1. The molecule has 1 fully saturated rings. The van der Waals surface area contributed by atoms with E-state index in [2.05, 4.69) is 4.98 Å². The molecule has 30 heavy (non-hydrogen) atoms. The number of hydrogen-bond donors (Lipinski definition) is 1.